The lowest BCUT2D eigenvalue weighted by Crippen LogP contribution is -2.14. The highest BCUT2D eigenvalue weighted by Crippen LogP contribution is 2.53. The Balaban J connectivity index is 2.15. The van der Waals surface area contributed by atoms with Crippen LogP contribution in [0.4, 0.5) is 0 Å². The average Bonchev–Trinajstić information content (AvgIpc) is 2.91. The predicted octanol–water partition coefficient (Wildman–Crippen LogP) is 2.15. The third kappa shape index (κ3) is 1.35. The Morgan fingerprint density at radius 3 is 2.82 bits per heavy atom. The third-order valence-electron chi connectivity index (χ3n) is 4.42. The van der Waals surface area contributed by atoms with E-state index in [0.29, 0.717) is 5.92 Å². The number of aryl methyl sites for hydroxylation is 2. The minimum atomic E-state index is -0.000381. The molecular weight excluding hydrogens is 212 g/mol. The number of hydrogen-bond donors (Lipinski definition) is 1. The van der Waals surface area contributed by atoms with E-state index >= 15 is 0 Å². The summed E-state index contributed by atoms with van der Waals surface area (Å²) in [6, 6.07) is 6.40. The molecule has 0 saturated heterocycles. The van der Waals surface area contributed by atoms with Crippen molar-refractivity contribution in [2.45, 2.75) is 25.7 Å². The van der Waals surface area contributed by atoms with Gasteiger partial charge < -0.3 is 9.67 Å². The van der Waals surface area contributed by atoms with E-state index < -0.39 is 0 Å². The second kappa shape index (κ2) is 3.33. The van der Waals surface area contributed by atoms with Crippen LogP contribution in [0.3, 0.4) is 0 Å². The van der Waals surface area contributed by atoms with E-state index in [9.17, 15) is 5.11 Å². The number of aliphatic hydroxyl groups excluding tert-OH is 1. The van der Waals surface area contributed by atoms with E-state index in [-0.39, 0.29) is 12.0 Å². The first-order valence-electron chi connectivity index (χ1n) is 6.13. The molecule has 1 aliphatic carbocycles. The molecule has 1 aromatic heterocycles. The first-order valence-corrected chi connectivity index (χ1v) is 6.13. The van der Waals surface area contributed by atoms with Gasteiger partial charge in [0.25, 0.3) is 0 Å². The molecule has 2 unspecified atom stereocenters. The van der Waals surface area contributed by atoms with E-state index in [1.54, 1.807) is 0 Å². The number of fused-ring (bicyclic) bond motifs is 1. The van der Waals surface area contributed by atoms with Crippen molar-refractivity contribution in [1.29, 1.82) is 0 Å². The molecule has 0 radical (unpaired) electrons. The molecule has 3 nitrogen and oxygen atoms in total. The maximum Gasteiger partial charge on any atom is 0.106 e. The lowest BCUT2D eigenvalue weighted by molar-refractivity contribution is 0.247. The molecule has 1 fully saturated rings. The van der Waals surface area contributed by atoms with Gasteiger partial charge in [-0.1, -0.05) is 13.0 Å². The number of imidazole rings is 1. The van der Waals surface area contributed by atoms with Crippen molar-refractivity contribution >= 4 is 11.0 Å². The molecule has 1 saturated carbocycles. The van der Waals surface area contributed by atoms with E-state index in [4.69, 9.17) is 0 Å². The summed E-state index contributed by atoms with van der Waals surface area (Å²) >= 11 is 0. The molecule has 1 aromatic carbocycles. The van der Waals surface area contributed by atoms with Crippen molar-refractivity contribution in [3.63, 3.8) is 0 Å². The summed E-state index contributed by atoms with van der Waals surface area (Å²) in [6.07, 6.45) is 1.08. The average molecular weight is 230 g/mol. The Bertz CT molecular complexity index is 583. The lowest BCUT2D eigenvalue weighted by atomic mass is 9.94. The highest BCUT2D eigenvalue weighted by molar-refractivity contribution is 5.77. The van der Waals surface area contributed by atoms with Crippen LogP contribution in [-0.2, 0) is 12.5 Å². The Kier molecular flexibility index (Phi) is 2.11. The van der Waals surface area contributed by atoms with E-state index in [1.807, 2.05) is 14.0 Å². The first kappa shape index (κ1) is 10.8. The van der Waals surface area contributed by atoms with Crippen molar-refractivity contribution in [1.82, 2.24) is 9.55 Å². The molecule has 3 rings (SSSR count). The first-order chi connectivity index (χ1) is 8.08. The fourth-order valence-electron chi connectivity index (χ4n) is 2.83. The SMILES string of the molecule is Cc1nc2cc(C3(CO)CC3C)ccc2n1C. The van der Waals surface area contributed by atoms with Crippen LogP contribution in [0.2, 0.25) is 0 Å². The fraction of sp³-hybridized carbons (Fsp3) is 0.500. The van der Waals surface area contributed by atoms with Crippen molar-refractivity contribution in [2.75, 3.05) is 6.61 Å². The van der Waals surface area contributed by atoms with Gasteiger partial charge in [-0.3, -0.25) is 0 Å². The largest absolute Gasteiger partial charge is 0.395 e. The molecule has 0 amide bonds. The second-order valence-corrected chi connectivity index (χ2v) is 5.34. The van der Waals surface area contributed by atoms with E-state index in [0.717, 1.165) is 23.3 Å². The van der Waals surface area contributed by atoms with Crippen LogP contribution in [0.1, 0.15) is 24.7 Å². The normalized spacial score (nSPS) is 27.6. The number of aliphatic hydroxyl groups is 1. The van der Waals surface area contributed by atoms with Crippen LogP contribution in [0, 0.1) is 12.8 Å². The lowest BCUT2D eigenvalue weighted by Gasteiger charge is -2.13. The number of nitrogens with zero attached hydrogens (tertiary/aromatic N) is 2. The zero-order valence-electron chi connectivity index (χ0n) is 10.6. The van der Waals surface area contributed by atoms with Crippen molar-refractivity contribution in [2.24, 2.45) is 13.0 Å². The molecule has 3 heteroatoms. The molecule has 17 heavy (non-hydrogen) atoms. The van der Waals surface area contributed by atoms with Crippen LogP contribution >= 0.6 is 0 Å². The number of aromatic nitrogens is 2. The van der Waals surface area contributed by atoms with E-state index in [1.165, 1.54) is 5.56 Å². The van der Waals surface area contributed by atoms with Gasteiger partial charge in [0.2, 0.25) is 0 Å². The predicted molar refractivity (Wildman–Crippen MR) is 68.0 cm³/mol. The molecule has 1 heterocycles. The van der Waals surface area contributed by atoms with Gasteiger partial charge in [-0.15, -0.1) is 0 Å². The van der Waals surface area contributed by atoms with Crippen LogP contribution in [0.25, 0.3) is 11.0 Å². The molecule has 0 aliphatic heterocycles. The molecule has 2 aromatic rings. The van der Waals surface area contributed by atoms with Crippen molar-refractivity contribution in [3.05, 3.63) is 29.6 Å². The summed E-state index contributed by atoms with van der Waals surface area (Å²) in [5.74, 6) is 1.61. The van der Waals surface area contributed by atoms with Crippen molar-refractivity contribution in [3.8, 4) is 0 Å². The Morgan fingerprint density at radius 1 is 1.53 bits per heavy atom. The zero-order chi connectivity index (χ0) is 12.2. The second-order valence-electron chi connectivity index (χ2n) is 5.34. The number of rotatable bonds is 2. The maximum atomic E-state index is 9.59. The Hall–Kier alpha value is -1.35. The van der Waals surface area contributed by atoms with Crippen LogP contribution < -0.4 is 0 Å². The summed E-state index contributed by atoms with van der Waals surface area (Å²) in [4.78, 5) is 4.56. The zero-order valence-corrected chi connectivity index (χ0v) is 10.6. The molecule has 90 valence electrons. The smallest absolute Gasteiger partial charge is 0.106 e. The standard InChI is InChI=1S/C14H18N2O/c1-9-7-14(9,8-17)11-4-5-13-12(6-11)15-10(2)16(13)3/h4-6,9,17H,7-8H2,1-3H3. The summed E-state index contributed by atoms with van der Waals surface area (Å²) in [5, 5.41) is 9.59. The minimum Gasteiger partial charge on any atom is -0.395 e. The summed E-state index contributed by atoms with van der Waals surface area (Å²) in [6.45, 7) is 4.46. The van der Waals surface area contributed by atoms with Gasteiger partial charge in [0.05, 0.1) is 17.6 Å². The third-order valence-corrected chi connectivity index (χ3v) is 4.42. The van der Waals surface area contributed by atoms with Gasteiger partial charge >= 0.3 is 0 Å². The highest BCUT2D eigenvalue weighted by atomic mass is 16.3. The summed E-state index contributed by atoms with van der Waals surface area (Å²) < 4.78 is 2.10. The fourth-order valence-corrected chi connectivity index (χ4v) is 2.83. The monoisotopic (exact) mass is 230 g/mol. The number of hydrogen-bond acceptors (Lipinski definition) is 2. The van der Waals surface area contributed by atoms with E-state index in [2.05, 4.69) is 34.7 Å². The van der Waals surface area contributed by atoms with Gasteiger partial charge in [-0.25, -0.2) is 4.98 Å². The van der Waals surface area contributed by atoms with Crippen molar-refractivity contribution < 1.29 is 5.11 Å². The van der Waals surface area contributed by atoms with Crippen LogP contribution in [0.15, 0.2) is 18.2 Å². The molecular formula is C14H18N2O. The quantitative estimate of drug-likeness (QED) is 0.858. The van der Waals surface area contributed by atoms with Gasteiger partial charge in [-0.2, -0.15) is 0 Å². The number of benzene rings is 1. The van der Waals surface area contributed by atoms with Crippen LogP contribution in [-0.4, -0.2) is 21.3 Å². The summed E-state index contributed by atoms with van der Waals surface area (Å²) in [5.41, 5.74) is 3.43. The molecule has 2 atom stereocenters. The van der Waals surface area contributed by atoms with Gasteiger partial charge in [0.15, 0.2) is 0 Å². The van der Waals surface area contributed by atoms with Crippen LogP contribution in [0.5, 0.6) is 0 Å². The molecule has 1 N–H and O–H groups in total. The highest BCUT2D eigenvalue weighted by Gasteiger charge is 2.51. The van der Waals surface area contributed by atoms with Gasteiger partial charge in [0.1, 0.15) is 5.82 Å². The molecule has 0 spiro atoms. The molecule has 0 bridgehead atoms. The topological polar surface area (TPSA) is 38.1 Å². The maximum absolute atomic E-state index is 9.59. The Labute approximate surface area is 101 Å². The summed E-state index contributed by atoms with van der Waals surface area (Å²) in [7, 11) is 2.03. The van der Waals surface area contributed by atoms with Gasteiger partial charge in [-0.05, 0) is 37.0 Å². The Morgan fingerprint density at radius 2 is 2.24 bits per heavy atom. The molecule has 1 aliphatic rings. The minimum absolute atomic E-state index is 0.000381. The van der Waals surface area contributed by atoms with Gasteiger partial charge in [0, 0.05) is 12.5 Å².